The molecule has 1 aromatic carbocycles. The monoisotopic (exact) mass is 268 g/mol. The third kappa shape index (κ3) is 2.57. The van der Waals surface area contributed by atoms with E-state index in [1.165, 1.54) is 12.3 Å². The molecule has 0 bridgehead atoms. The lowest BCUT2D eigenvalue weighted by atomic mass is 10.2. The van der Waals surface area contributed by atoms with Gasteiger partial charge in [0.05, 0.1) is 16.6 Å². The summed E-state index contributed by atoms with van der Waals surface area (Å²) in [6, 6.07) is 10.6. The Hall–Kier alpha value is -2.94. The number of benzene rings is 1. The van der Waals surface area contributed by atoms with Crippen molar-refractivity contribution in [1.29, 1.82) is 5.26 Å². The molecule has 2 aromatic rings. The molecule has 0 radical (unpaired) electrons. The number of pyridine rings is 1. The van der Waals surface area contributed by atoms with Crippen LogP contribution in [0.15, 0.2) is 36.5 Å². The molecule has 0 spiro atoms. The topological polar surface area (TPSA) is 83.1 Å². The van der Waals surface area contributed by atoms with Crippen LogP contribution in [0.25, 0.3) is 0 Å². The van der Waals surface area contributed by atoms with E-state index in [0.717, 1.165) is 5.69 Å². The van der Waals surface area contributed by atoms with Gasteiger partial charge in [-0.15, -0.1) is 0 Å². The van der Waals surface area contributed by atoms with E-state index < -0.39 is 4.92 Å². The van der Waals surface area contributed by atoms with Gasteiger partial charge in [-0.25, -0.2) is 4.98 Å². The Kier molecular flexibility index (Phi) is 3.62. The molecule has 0 aliphatic carbocycles. The van der Waals surface area contributed by atoms with Crippen LogP contribution in [0.5, 0.6) is 0 Å². The molecule has 1 heterocycles. The molecule has 0 unspecified atom stereocenters. The van der Waals surface area contributed by atoms with Crippen LogP contribution in [0.2, 0.25) is 0 Å². The van der Waals surface area contributed by atoms with Gasteiger partial charge in [0.25, 0.3) is 5.69 Å². The minimum absolute atomic E-state index is 0.0283. The summed E-state index contributed by atoms with van der Waals surface area (Å²) >= 11 is 0. The Balaban J connectivity index is 2.35. The second-order valence-electron chi connectivity index (χ2n) is 4.31. The van der Waals surface area contributed by atoms with Gasteiger partial charge in [0.2, 0.25) is 0 Å². The predicted molar refractivity (Wildman–Crippen MR) is 74.8 cm³/mol. The van der Waals surface area contributed by atoms with Gasteiger partial charge in [0, 0.05) is 18.8 Å². The second kappa shape index (κ2) is 5.36. The van der Waals surface area contributed by atoms with E-state index in [9.17, 15) is 10.1 Å². The maximum atomic E-state index is 10.7. The van der Waals surface area contributed by atoms with E-state index in [4.69, 9.17) is 5.26 Å². The summed E-state index contributed by atoms with van der Waals surface area (Å²) in [5, 5.41) is 19.5. The summed E-state index contributed by atoms with van der Waals surface area (Å²) in [6.07, 6.45) is 1.24. The van der Waals surface area contributed by atoms with Crippen molar-refractivity contribution >= 4 is 17.2 Å². The average molecular weight is 268 g/mol. The maximum absolute atomic E-state index is 10.7. The number of nitriles is 1. The van der Waals surface area contributed by atoms with Crippen LogP contribution < -0.4 is 4.90 Å². The van der Waals surface area contributed by atoms with Crippen LogP contribution in [0.4, 0.5) is 17.2 Å². The van der Waals surface area contributed by atoms with Gasteiger partial charge >= 0.3 is 0 Å². The zero-order valence-corrected chi connectivity index (χ0v) is 11.1. The molecule has 0 aliphatic heterocycles. The van der Waals surface area contributed by atoms with Crippen LogP contribution in [-0.4, -0.2) is 17.0 Å². The molecule has 0 amide bonds. The third-order valence-corrected chi connectivity index (χ3v) is 2.95. The van der Waals surface area contributed by atoms with Gasteiger partial charge < -0.3 is 4.90 Å². The summed E-state index contributed by atoms with van der Waals surface area (Å²) in [5.41, 5.74) is 2.12. The standard InChI is InChI=1S/C14H12N4O2/c1-10-7-13(18(19)20)9-16-14(10)17(2)12-5-3-11(8-15)4-6-12/h3-7,9H,1-2H3. The summed E-state index contributed by atoms with van der Waals surface area (Å²) in [5.74, 6) is 0.639. The van der Waals surface area contributed by atoms with Gasteiger partial charge in [-0.05, 0) is 36.8 Å². The lowest BCUT2D eigenvalue weighted by Crippen LogP contribution is -2.12. The van der Waals surface area contributed by atoms with Crippen LogP contribution in [0.1, 0.15) is 11.1 Å². The summed E-state index contributed by atoms with van der Waals surface area (Å²) in [7, 11) is 1.82. The van der Waals surface area contributed by atoms with Crippen molar-refractivity contribution in [3.8, 4) is 6.07 Å². The molecule has 2 rings (SSSR count). The van der Waals surface area contributed by atoms with Crippen LogP contribution in [0, 0.1) is 28.4 Å². The van der Waals surface area contributed by atoms with Crippen molar-refractivity contribution in [2.75, 3.05) is 11.9 Å². The molecule has 1 aromatic heterocycles. The van der Waals surface area contributed by atoms with Crippen LogP contribution >= 0.6 is 0 Å². The highest BCUT2D eigenvalue weighted by Crippen LogP contribution is 2.26. The highest BCUT2D eigenvalue weighted by atomic mass is 16.6. The molecular formula is C14H12N4O2. The third-order valence-electron chi connectivity index (χ3n) is 2.95. The molecule has 0 saturated heterocycles. The molecule has 20 heavy (non-hydrogen) atoms. The smallest absolute Gasteiger partial charge is 0.287 e. The molecule has 100 valence electrons. The maximum Gasteiger partial charge on any atom is 0.287 e. The first-order valence-corrected chi connectivity index (χ1v) is 5.88. The number of hydrogen-bond acceptors (Lipinski definition) is 5. The SMILES string of the molecule is Cc1cc([N+](=O)[O-])cnc1N(C)c1ccc(C#N)cc1. The van der Waals surface area contributed by atoms with Gasteiger partial charge in [0.15, 0.2) is 0 Å². The van der Waals surface area contributed by atoms with Crippen molar-refractivity contribution in [3.63, 3.8) is 0 Å². The fourth-order valence-corrected chi connectivity index (χ4v) is 1.89. The van der Waals surface area contributed by atoms with E-state index in [-0.39, 0.29) is 5.69 Å². The molecule has 0 aliphatic rings. The Morgan fingerprint density at radius 2 is 2.00 bits per heavy atom. The fourth-order valence-electron chi connectivity index (χ4n) is 1.89. The van der Waals surface area contributed by atoms with E-state index in [2.05, 4.69) is 11.1 Å². The number of rotatable bonds is 3. The second-order valence-corrected chi connectivity index (χ2v) is 4.31. The van der Waals surface area contributed by atoms with Crippen LogP contribution in [0.3, 0.4) is 0 Å². The number of aryl methyl sites for hydroxylation is 1. The number of hydrogen-bond donors (Lipinski definition) is 0. The summed E-state index contributed by atoms with van der Waals surface area (Å²) in [6.45, 7) is 1.77. The molecule has 0 N–H and O–H groups in total. The zero-order chi connectivity index (χ0) is 14.7. The van der Waals surface area contributed by atoms with Crippen molar-refractivity contribution in [2.45, 2.75) is 6.92 Å². The Morgan fingerprint density at radius 1 is 1.35 bits per heavy atom. The molecule has 0 fully saturated rings. The molecule has 6 nitrogen and oxygen atoms in total. The highest BCUT2D eigenvalue weighted by Gasteiger charge is 2.13. The fraction of sp³-hybridized carbons (Fsp3) is 0.143. The van der Waals surface area contributed by atoms with Gasteiger partial charge in [-0.1, -0.05) is 0 Å². The highest BCUT2D eigenvalue weighted by molar-refractivity contribution is 5.63. The average Bonchev–Trinajstić information content (AvgIpc) is 2.46. The Bertz CT molecular complexity index is 689. The predicted octanol–water partition coefficient (Wildman–Crippen LogP) is 2.94. The first-order chi connectivity index (χ1) is 9.52. The summed E-state index contributed by atoms with van der Waals surface area (Å²) < 4.78 is 0. The lowest BCUT2D eigenvalue weighted by molar-refractivity contribution is -0.385. The Morgan fingerprint density at radius 3 is 2.50 bits per heavy atom. The lowest BCUT2D eigenvalue weighted by Gasteiger charge is -2.20. The Labute approximate surface area is 116 Å². The van der Waals surface area contributed by atoms with Crippen molar-refractivity contribution in [2.24, 2.45) is 0 Å². The van der Waals surface area contributed by atoms with Gasteiger partial charge in [-0.2, -0.15) is 5.26 Å². The number of anilines is 2. The van der Waals surface area contributed by atoms with Crippen molar-refractivity contribution < 1.29 is 4.92 Å². The van der Waals surface area contributed by atoms with Crippen molar-refractivity contribution in [1.82, 2.24) is 4.98 Å². The largest absolute Gasteiger partial charge is 0.329 e. The molecule has 6 heteroatoms. The first kappa shape index (κ1) is 13.5. The van der Waals surface area contributed by atoms with Gasteiger partial charge in [0.1, 0.15) is 12.0 Å². The van der Waals surface area contributed by atoms with E-state index in [1.54, 1.807) is 31.2 Å². The zero-order valence-electron chi connectivity index (χ0n) is 11.1. The normalized spacial score (nSPS) is 9.85. The van der Waals surface area contributed by atoms with Crippen molar-refractivity contribution in [3.05, 3.63) is 57.8 Å². The minimum Gasteiger partial charge on any atom is -0.329 e. The van der Waals surface area contributed by atoms with E-state index in [0.29, 0.717) is 16.9 Å². The van der Waals surface area contributed by atoms with E-state index >= 15 is 0 Å². The quantitative estimate of drug-likeness (QED) is 0.631. The van der Waals surface area contributed by atoms with E-state index in [1.807, 2.05) is 11.9 Å². The van der Waals surface area contributed by atoms with Gasteiger partial charge in [-0.3, -0.25) is 10.1 Å². The summed E-state index contributed by atoms with van der Waals surface area (Å²) in [4.78, 5) is 16.2. The minimum atomic E-state index is -0.467. The molecule has 0 atom stereocenters. The van der Waals surface area contributed by atoms with Crippen LogP contribution in [-0.2, 0) is 0 Å². The first-order valence-electron chi connectivity index (χ1n) is 5.88. The number of aromatic nitrogens is 1. The number of nitrogens with zero attached hydrogens (tertiary/aromatic N) is 4. The molecule has 0 saturated carbocycles. The molecular weight excluding hydrogens is 256 g/mol. The number of nitro groups is 1.